The zero-order chi connectivity index (χ0) is 18.1. The molecule has 5 nitrogen and oxygen atoms in total. The van der Waals surface area contributed by atoms with Crippen LogP contribution in [0.5, 0.6) is 0 Å². The topological polar surface area (TPSA) is 62.3 Å². The van der Waals surface area contributed by atoms with Crippen LogP contribution in [0.4, 0.5) is 5.13 Å². The Morgan fingerprint density at radius 3 is 2.56 bits per heavy atom. The molecule has 3 rings (SSSR count). The number of rotatable bonds is 4. The summed E-state index contributed by atoms with van der Waals surface area (Å²) >= 11 is 1.47. The number of likely N-dealkylation sites (tertiary alicyclic amines) is 1. The van der Waals surface area contributed by atoms with Crippen molar-refractivity contribution in [2.45, 2.75) is 40.2 Å². The maximum absolute atomic E-state index is 12.5. The van der Waals surface area contributed by atoms with Crippen LogP contribution in [0.1, 0.15) is 30.7 Å². The average Bonchev–Trinajstić information content (AvgIpc) is 3.11. The van der Waals surface area contributed by atoms with E-state index in [1.165, 1.54) is 16.9 Å². The standard InChI is InChI=1S/C19H23N3O2S/c1-11(2)22-10-15(9-16(22)23)18(24)21-19-20-17(13(4)25-19)14-7-5-12(3)6-8-14/h5-8,11,15H,9-10H2,1-4H3,(H,20,21,24). The molecule has 0 saturated carbocycles. The lowest BCUT2D eigenvalue weighted by atomic mass is 10.1. The van der Waals surface area contributed by atoms with Crippen molar-refractivity contribution >= 4 is 28.3 Å². The number of carbonyl (C=O) groups is 2. The molecule has 1 aromatic heterocycles. The van der Waals surface area contributed by atoms with Gasteiger partial charge < -0.3 is 10.2 Å². The van der Waals surface area contributed by atoms with Gasteiger partial charge in [0.25, 0.3) is 0 Å². The minimum atomic E-state index is -0.304. The SMILES string of the molecule is Cc1ccc(-c2nc(NC(=O)C3CC(=O)N(C(C)C)C3)sc2C)cc1. The van der Waals surface area contributed by atoms with E-state index < -0.39 is 0 Å². The molecule has 0 radical (unpaired) electrons. The van der Waals surface area contributed by atoms with Gasteiger partial charge in [-0.15, -0.1) is 11.3 Å². The molecule has 2 amide bonds. The number of nitrogens with one attached hydrogen (secondary N) is 1. The van der Waals surface area contributed by atoms with E-state index in [4.69, 9.17) is 0 Å². The third-order valence-electron chi connectivity index (χ3n) is 4.50. The zero-order valence-corrected chi connectivity index (χ0v) is 15.8. The molecular weight excluding hydrogens is 334 g/mol. The Bertz CT molecular complexity index is 796. The summed E-state index contributed by atoms with van der Waals surface area (Å²) in [5.74, 6) is -0.381. The Hall–Kier alpha value is -2.21. The summed E-state index contributed by atoms with van der Waals surface area (Å²) < 4.78 is 0. The second kappa shape index (κ2) is 6.96. The molecule has 2 aromatic rings. The first-order chi connectivity index (χ1) is 11.8. The van der Waals surface area contributed by atoms with Crippen LogP contribution in [-0.2, 0) is 9.59 Å². The Morgan fingerprint density at radius 1 is 1.28 bits per heavy atom. The first kappa shape index (κ1) is 17.6. The molecule has 132 valence electrons. The van der Waals surface area contributed by atoms with Gasteiger partial charge in [-0.05, 0) is 27.7 Å². The van der Waals surface area contributed by atoms with E-state index in [0.29, 0.717) is 11.7 Å². The quantitative estimate of drug-likeness (QED) is 0.909. The largest absolute Gasteiger partial charge is 0.339 e. The van der Waals surface area contributed by atoms with Crippen molar-refractivity contribution in [1.29, 1.82) is 0 Å². The summed E-state index contributed by atoms with van der Waals surface area (Å²) in [5.41, 5.74) is 3.14. The van der Waals surface area contributed by atoms with Gasteiger partial charge in [-0.1, -0.05) is 29.8 Å². The molecule has 6 heteroatoms. The van der Waals surface area contributed by atoms with Crippen molar-refractivity contribution in [3.05, 3.63) is 34.7 Å². The van der Waals surface area contributed by atoms with Gasteiger partial charge in [0, 0.05) is 29.4 Å². The lowest BCUT2D eigenvalue weighted by molar-refractivity contribution is -0.129. The molecule has 25 heavy (non-hydrogen) atoms. The smallest absolute Gasteiger partial charge is 0.231 e. The minimum Gasteiger partial charge on any atom is -0.339 e. The molecule has 1 N–H and O–H groups in total. The zero-order valence-electron chi connectivity index (χ0n) is 15.0. The number of carbonyl (C=O) groups excluding carboxylic acids is 2. The second-order valence-corrected chi connectivity index (χ2v) is 8.02. The minimum absolute atomic E-state index is 0.0470. The number of aryl methyl sites for hydroxylation is 2. The van der Waals surface area contributed by atoms with Crippen molar-refractivity contribution in [2.75, 3.05) is 11.9 Å². The van der Waals surface area contributed by atoms with Crippen LogP contribution in [0.15, 0.2) is 24.3 Å². The molecule has 1 atom stereocenters. The van der Waals surface area contributed by atoms with Gasteiger partial charge in [0.1, 0.15) is 0 Å². The summed E-state index contributed by atoms with van der Waals surface area (Å²) in [6.07, 6.45) is 0.277. The van der Waals surface area contributed by atoms with E-state index in [9.17, 15) is 9.59 Å². The number of hydrogen-bond donors (Lipinski definition) is 1. The monoisotopic (exact) mass is 357 g/mol. The van der Waals surface area contributed by atoms with Crippen LogP contribution in [0.2, 0.25) is 0 Å². The van der Waals surface area contributed by atoms with Gasteiger partial charge in [-0.2, -0.15) is 0 Å². The number of benzene rings is 1. The molecule has 1 fully saturated rings. The average molecular weight is 357 g/mol. The van der Waals surface area contributed by atoms with Gasteiger partial charge in [0.15, 0.2) is 5.13 Å². The molecule has 1 saturated heterocycles. The van der Waals surface area contributed by atoms with Crippen LogP contribution >= 0.6 is 11.3 Å². The van der Waals surface area contributed by atoms with E-state index >= 15 is 0 Å². The number of amides is 2. The van der Waals surface area contributed by atoms with Gasteiger partial charge in [0.2, 0.25) is 11.8 Å². The van der Waals surface area contributed by atoms with Gasteiger partial charge in [0.05, 0.1) is 11.6 Å². The normalized spacial score (nSPS) is 17.4. The van der Waals surface area contributed by atoms with E-state index in [2.05, 4.69) is 22.4 Å². The number of aromatic nitrogens is 1. The first-order valence-corrected chi connectivity index (χ1v) is 9.31. The predicted molar refractivity (Wildman–Crippen MR) is 101 cm³/mol. The number of anilines is 1. The van der Waals surface area contributed by atoms with E-state index in [0.717, 1.165) is 16.1 Å². The summed E-state index contributed by atoms with van der Waals surface area (Å²) in [6.45, 7) is 8.47. The first-order valence-electron chi connectivity index (χ1n) is 8.50. The van der Waals surface area contributed by atoms with Crippen molar-refractivity contribution < 1.29 is 9.59 Å². The van der Waals surface area contributed by atoms with Crippen LogP contribution < -0.4 is 5.32 Å². The van der Waals surface area contributed by atoms with Crippen molar-refractivity contribution in [3.63, 3.8) is 0 Å². The van der Waals surface area contributed by atoms with Crippen LogP contribution in [0, 0.1) is 19.8 Å². The summed E-state index contributed by atoms with van der Waals surface area (Å²) in [5, 5.41) is 3.49. The third-order valence-corrected chi connectivity index (χ3v) is 5.39. The fourth-order valence-corrected chi connectivity index (χ4v) is 3.88. The Morgan fingerprint density at radius 2 is 1.96 bits per heavy atom. The molecule has 1 aliphatic rings. The van der Waals surface area contributed by atoms with Crippen molar-refractivity contribution in [2.24, 2.45) is 5.92 Å². The van der Waals surface area contributed by atoms with Crippen LogP contribution in [0.3, 0.4) is 0 Å². The summed E-state index contributed by atoms with van der Waals surface area (Å²) in [4.78, 5) is 31.9. The maximum Gasteiger partial charge on any atom is 0.231 e. The highest BCUT2D eigenvalue weighted by molar-refractivity contribution is 7.16. The number of hydrogen-bond acceptors (Lipinski definition) is 4. The predicted octanol–water partition coefficient (Wildman–Crippen LogP) is 3.62. The van der Waals surface area contributed by atoms with Crippen LogP contribution in [-0.4, -0.2) is 34.3 Å². The molecule has 0 aliphatic carbocycles. The maximum atomic E-state index is 12.5. The number of thiazole rings is 1. The fourth-order valence-electron chi connectivity index (χ4n) is 3.04. The van der Waals surface area contributed by atoms with Crippen molar-refractivity contribution in [3.8, 4) is 11.3 Å². The van der Waals surface area contributed by atoms with Crippen LogP contribution in [0.25, 0.3) is 11.3 Å². The Balaban J connectivity index is 1.72. The van der Waals surface area contributed by atoms with Gasteiger partial charge >= 0.3 is 0 Å². The molecule has 1 unspecified atom stereocenters. The highest BCUT2D eigenvalue weighted by Gasteiger charge is 2.35. The molecule has 0 bridgehead atoms. The molecule has 1 aromatic carbocycles. The highest BCUT2D eigenvalue weighted by Crippen LogP contribution is 2.31. The lowest BCUT2D eigenvalue weighted by Gasteiger charge is -2.20. The summed E-state index contributed by atoms with van der Waals surface area (Å²) in [7, 11) is 0. The Labute approximate surface area is 152 Å². The number of nitrogens with zero attached hydrogens (tertiary/aromatic N) is 2. The van der Waals surface area contributed by atoms with Crippen molar-refractivity contribution in [1.82, 2.24) is 9.88 Å². The van der Waals surface area contributed by atoms with Gasteiger partial charge in [-0.25, -0.2) is 4.98 Å². The van der Waals surface area contributed by atoms with E-state index in [-0.39, 0.29) is 30.2 Å². The van der Waals surface area contributed by atoms with Gasteiger partial charge in [-0.3, -0.25) is 9.59 Å². The molecule has 2 heterocycles. The molecule has 0 spiro atoms. The molecular formula is C19H23N3O2S. The third kappa shape index (κ3) is 3.74. The molecule has 1 aliphatic heterocycles. The lowest BCUT2D eigenvalue weighted by Crippen LogP contribution is -2.33. The second-order valence-electron chi connectivity index (χ2n) is 6.82. The summed E-state index contributed by atoms with van der Waals surface area (Å²) in [6, 6.07) is 8.31. The van der Waals surface area contributed by atoms with E-state index in [1.807, 2.05) is 39.8 Å². The highest BCUT2D eigenvalue weighted by atomic mass is 32.1. The Kier molecular flexibility index (Phi) is 4.90. The fraction of sp³-hybridized carbons (Fsp3) is 0.421. The van der Waals surface area contributed by atoms with E-state index in [1.54, 1.807) is 4.90 Å².